The number of carbonyl (C=O) groups excluding carboxylic acids is 1. The zero-order valence-corrected chi connectivity index (χ0v) is 8.25. The lowest BCUT2D eigenvalue weighted by atomic mass is 10.3. The molecule has 0 radical (unpaired) electrons. The summed E-state index contributed by atoms with van der Waals surface area (Å²) in [5, 5.41) is 0.964. The Bertz CT molecular complexity index is 518. The van der Waals surface area contributed by atoms with E-state index in [1.807, 2.05) is 28.8 Å². The van der Waals surface area contributed by atoms with Crippen molar-refractivity contribution in [1.29, 1.82) is 0 Å². The third-order valence-corrected chi connectivity index (χ3v) is 3.35. The summed E-state index contributed by atoms with van der Waals surface area (Å²) in [7, 11) is 0. The first-order chi connectivity index (χ1) is 6.84. The van der Waals surface area contributed by atoms with Crippen LogP contribution in [0.5, 0.6) is 0 Å². The number of hydrogen-bond donors (Lipinski definition) is 0. The van der Waals surface area contributed by atoms with Crippen molar-refractivity contribution in [2.45, 2.75) is 11.7 Å². The fraction of sp³-hybridized carbons (Fsp3) is 0.200. The Labute approximate surface area is 85.1 Å². The van der Waals surface area contributed by atoms with E-state index in [0.29, 0.717) is 12.3 Å². The number of aromatic nitrogens is 2. The average Bonchev–Trinajstić information content (AvgIpc) is 2.56. The van der Waals surface area contributed by atoms with Crippen LogP contribution in [0.1, 0.15) is 0 Å². The topological polar surface area (TPSA) is 34.9 Å². The van der Waals surface area contributed by atoms with Crippen molar-refractivity contribution in [3.63, 3.8) is 0 Å². The molecule has 0 bridgehead atoms. The normalized spacial score (nSPS) is 15.9. The van der Waals surface area contributed by atoms with Crippen molar-refractivity contribution < 1.29 is 4.79 Å². The molecule has 0 saturated heterocycles. The maximum Gasteiger partial charge on any atom is 0.169 e. The second-order valence-corrected chi connectivity index (χ2v) is 4.24. The number of carbonyl (C=O) groups is 1. The summed E-state index contributed by atoms with van der Waals surface area (Å²) in [6.07, 6.45) is 0. The molecule has 1 aromatic heterocycles. The lowest BCUT2D eigenvalue weighted by molar-refractivity contribution is -0.117. The van der Waals surface area contributed by atoms with Gasteiger partial charge < -0.3 is 4.57 Å². The maximum absolute atomic E-state index is 11.3. The van der Waals surface area contributed by atoms with Gasteiger partial charge in [-0.2, -0.15) is 0 Å². The Hall–Kier alpha value is -1.29. The molecule has 1 aromatic carbocycles. The van der Waals surface area contributed by atoms with Crippen molar-refractivity contribution in [3.05, 3.63) is 24.3 Å². The SMILES string of the molecule is O=C1CSc2nc3ccccc3n2C1. The minimum atomic E-state index is 0.269. The number of hydrogen-bond acceptors (Lipinski definition) is 3. The Morgan fingerprint density at radius 2 is 2.21 bits per heavy atom. The highest BCUT2D eigenvalue weighted by molar-refractivity contribution is 7.99. The van der Waals surface area contributed by atoms with Crippen LogP contribution < -0.4 is 0 Å². The van der Waals surface area contributed by atoms with Crippen LogP contribution in [0.2, 0.25) is 0 Å². The Morgan fingerprint density at radius 1 is 1.36 bits per heavy atom. The maximum atomic E-state index is 11.3. The van der Waals surface area contributed by atoms with Crippen molar-refractivity contribution in [3.8, 4) is 0 Å². The molecule has 14 heavy (non-hydrogen) atoms. The van der Waals surface area contributed by atoms with Crippen LogP contribution in [-0.4, -0.2) is 21.1 Å². The van der Waals surface area contributed by atoms with Crippen molar-refractivity contribution in [2.24, 2.45) is 0 Å². The molecule has 3 rings (SSSR count). The highest BCUT2D eigenvalue weighted by Gasteiger charge is 2.19. The number of fused-ring (bicyclic) bond motifs is 3. The van der Waals surface area contributed by atoms with Crippen LogP contribution in [-0.2, 0) is 11.3 Å². The summed E-state index contributed by atoms with van der Waals surface area (Å²) in [4.78, 5) is 15.8. The summed E-state index contributed by atoms with van der Waals surface area (Å²) in [5.74, 6) is 0.828. The van der Waals surface area contributed by atoms with Crippen molar-refractivity contribution in [1.82, 2.24) is 9.55 Å². The third kappa shape index (κ3) is 1.07. The van der Waals surface area contributed by atoms with Gasteiger partial charge in [-0.1, -0.05) is 23.9 Å². The van der Waals surface area contributed by atoms with Crippen molar-refractivity contribution >= 4 is 28.6 Å². The molecule has 0 atom stereocenters. The van der Waals surface area contributed by atoms with E-state index in [2.05, 4.69) is 4.98 Å². The summed E-state index contributed by atoms with van der Waals surface area (Å²) in [6.45, 7) is 0.475. The molecule has 4 heteroatoms. The van der Waals surface area contributed by atoms with Crippen LogP contribution in [0.4, 0.5) is 0 Å². The second kappa shape index (κ2) is 2.85. The quantitative estimate of drug-likeness (QED) is 0.655. The number of benzene rings is 1. The Morgan fingerprint density at radius 3 is 3.14 bits per heavy atom. The molecule has 0 saturated carbocycles. The van der Waals surface area contributed by atoms with E-state index >= 15 is 0 Å². The van der Waals surface area contributed by atoms with E-state index in [0.717, 1.165) is 16.2 Å². The van der Waals surface area contributed by atoms with Gasteiger partial charge in [0.2, 0.25) is 0 Å². The molecule has 0 unspecified atom stereocenters. The van der Waals surface area contributed by atoms with Gasteiger partial charge in [0.1, 0.15) is 0 Å². The minimum Gasteiger partial charge on any atom is -0.311 e. The first kappa shape index (κ1) is 8.05. The summed E-state index contributed by atoms with van der Waals surface area (Å²) in [5.41, 5.74) is 2.03. The van der Waals surface area contributed by atoms with E-state index in [1.165, 1.54) is 11.8 Å². The van der Waals surface area contributed by atoms with Crippen LogP contribution >= 0.6 is 11.8 Å². The molecule has 3 nitrogen and oxygen atoms in total. The van der Waals surface area contributed by atoms with Gasteiger partial charge in [-0.15, -0.1) is 0 Å². The third-order valence-electron chi connectivity index (χ3n) is 2.32. The summed E-state index contributed by atoms with van der Waals surface area (Å²) >= 11 is 1.52. The van der Waals surface area contributed by atoms with Gasteiger partial charge in [0, 0.05) is 0 Å². The Balaban J connectivity index is 2.30. The molecule has 70 valence electrons. The number of nitrogens with zero attached hydrogens (tertiary/aromatic N) is 2. The van der Waals surface area contributed by atoms with E-state index in [1.54, 1.807) is 0 Å². The first-order valence-electron chi connectivity index (χ1n) is 4.44. The van der Waals surface area contributed by atoms with Gasteiger partial charge in [0.15, 0.2) is 10.9 Å². The van der Waals surface area contributed by atoms with Gasteiger partial charge in [-0.3, -0.25) is 4.79 Å². The van der Waals surface area contributed by atoms with Gasteiger partial charge in [0.25, 0.3) is 0 Å². The molecule has 0 aliphatic carbocycles. The fourth-order valence-electron chi connectivity index (χ4n) is 1.68. The largest absolute Gasteiger partial charge is 0.311 e. The lowest BCUT2D eigenvalue weighted by Gasteiger charge is -2.12. The second-order valence-electron chi connectivity index (χ2n) is 3.30. The number of imidazole rings is 1. The van der Waals surface area contributed by atoms with E-state index < -0.39 is 0 Å². The molecular formula is C10H8N2OS. The number of Topliss-reactive ketones (excluding diaryl/α,β-unsaturated/α-hetero) is 1. The minimum absolute atomic E-state index is 0.269. The summed E-state index contributed by atoms with van der Waals surface area (Å²) < 4.78 is 1.99. The predicted octanol–water partition coefficient (Wildman–Crippen LogP) is 1.71. The number of thioether (sulfide) groups is 1. The van der Waals surface area contributed by atoms with Crippen LogP contribution in [0.25, 0.3) is 11.0 Å². The number of para-hydroxylation sites is 2. The van der Waals surface area contributed by atoms with Gasteiger partial charge >= 0.3 is 0 Å². The van der Waals surface area contributed by atoms with Gasteiger partial charge in [0.05, 0.1) is 23.3 Å². The zero-order valence-electron chi connectivity index (χ0n) is 7.43. The molecule has 0 fully saturated rings. The molecule has 0 N–H and O–H groups in total. The van der Waals surface area contributed by atoms with Crippen LogP contribution in [0.3, 0.4) is 0 Å². The standard InChI is InChI=1S/C10H8N2OS/c13-7-5-12-9-4-2-1-3-8(9)11-10(12)14-6-7/h1-4H,5-6H2. The van der Waals surface area contributed by atoms with Gasteiger partial charge in [-0.05, 0) is 12.1 Å². The predicted molar refractivity (Wildman–Crippen MR) is 55.5 cm³/mol. The summed E-state index contributed by atoms with van der Waals surface area (Å²) in [6, 6.07) is 7.92. The van der Waals surface area contributed by atoms with Gasteiger partial charge in [-0.25, -0.2) is 4.98 Å². The lowest BCUT2D eigenvalue weighted by Crippen LogP contribution is -2.17. The van der Waals surface area contributed by atoms with E-state index in [4.69, 9.17) is 0 Å². The monoisotopic (exact) mass is 204 g/mol. The average molecular weight is 204 g/mol. The highest BCUT2D eigenvalue weighted by atomic mass is 32.2. The van der Waals surface area contributed by atoms with Crippen molar-refractivity contribution in [2.75, 3.05) is 5.75 Å². The number of ketones is 1. The molecule has 1 aliphatic rings. The van der Waals surface area contributed by atoms with E-state index in [-0.39, 0.29) is 5.78 Å². The molecule has 0 amide bonds. The van der Waals surface area contributed by atoms with E-state index in [9.17, 15) is 4.79 Å². The van der Waals surface area contributed by atoms with Crippen LogP contribution in [0.15, 0.2) is 29.4 Å². The highest BCUT2D eigenvalue weighted by Crippen LogP contribution is 2.27. The first-order valence-corrected chi connectivity index (χ1v) is 5.43. The zero-order chi connectivity index (χ0) is 9.54. The smallest absolute Gasteiger partial charge is 0.169 e. The molecule has 2 heterocycles. The number of rotatable bonds is 0. The molecule has 1 aliphatic heterocycles. The van der Waals surface area contributed by atoms with Crippen LogP contribution in [0, 0.1) is 0 Å². The Kier molecular flexibility index (Phi) is 1.64. The molecular weight excluding hydrogens is 196 g/mol. The molecule has 2 aromatic rings. The fourth-order valence-corrected chi connectivity index (χ4v) is 2.55. The molecule has 0 spiro atoms.